The third kappa shape index (κ3) is 3.35. The summed E-state index contributed by atoms with van der Waals surface area (Å²) in [5.41, 5.74) is 7.64. The Morgan fingerprint density at radius 1 is 1.17 bits per heavy atom. The Labute approximate surface area is 106 Å². The van der Waals surface area contributed by atoms with Crippen LogP contribution in [0.15, 0.2) is 36.7 Å². The summed E-state index contributed by atoms with van der Waals surface area (Å²) < 4.78 is 4.99. The molecule has 5 nitrogen and oxygen atoms in total. The topological polar surface area (TPSA) is 73.1 Å². The van der Waals surface area contributed by atoms with Gasteiger partial charge in [0.25, 0.3) is 0 Å². The second-order valence-electron chi connectivity index (χ2n) is 3.86. The van der Waals surface area contributed by atoms with E-state index in [2.05, 4.69) is 15.3 Å². The molecule has 94 valence electrons. The van der Waals surface area contributed by atoms with Gasteiger partial charge in [-0.2, -0.15) is 0 Å². The van der Waals surface area contributed by atoms with Crippen molar-refractivity contribution in [1.82, 2.24) is 9.97 Å². The molecule has 0 atom stereocenters. The highest BCUT2D eigenvalue weighted by molar-refractivity contribution is 5.39. The molecule has 2 rings (SSSR count). The molecule has 0 aliphatic rings. The molecule has 5 heteroatoms. The fourth-order valence-electron chi connectivity index (χ4n) is 1.52. The van der Waals surface area contributed by atoms with Crippen LogP contribution >= 0.6 is 0 Å². The Hall–Kier alpha value is -2.30. The molecule has 0 saturated carbocycles. The molecule has 1 heterocycles. The summed E-state index contributed by atoms with van der Waals surface area (Å²) in [6, 6.07) is 7.84. The van der Waals surface area contributed by atoms with E-state index < -0.39 is 0 Å². The summed E-state index contributed by atoms with van der Waals surface area (Å²) in [6.07, 6.45) is 4.17. The first kappa shape index (κ1) is 12.2. The van der Waals surface area contributed by atoms with Gasteiger partial charge in [0.1, 0.15) is 0 Å². The van der Waals surface area contributed by atoms with Crippen LogP contribution in [-0.4, -0.2) is 23.6 Å². The van der Waals surface area contributed by atoms with Crippen LogP contribution in [0.3, 0.4) is 0 Å². The largest absolute Gasteiger partial charge is 0.494 e. The van der Waals surface area contributed by atoms with Crippen molar-refractivity contribution >= 4 is 11.6 Å². The van der Waals surface area contributed by atoms with E-state index in [1.54, 1.807) is 19.5 Å². The number of benzene rings is 1. The van der Waals surface area contributed by atoms with Gasteiger partial charge in [-0.25, -0.2) is 9.97 Å². The Morgan fingerprint density at radius 3 is 2.44 bits per heavy atom. The SMILES string of the molecule is COc1cnc(NCCc2ccc(N)cc2)nc1. The van der Waals surface area contributed by atoms with Crippen molar-refractivity contribution < 1.29 is 4.74 Å². The normalized spacial score (nSPS) is 10.1. The minimum Gasteiger partial charge on any atom is -0.494 e. The minimum atomic E-state index is 0.603. The van der Waals surface area contributed by atoms with Crippen LogP contribution in [-0.2, 0) is 6.42 Å². The lowest BCUT2D eigenvalue weighted by Crippen LogP contribution is -2.07. The van der Waals surface area contributed by atoms with Gasteiger partial charge in [-0.05, 0) is 24.1 Å². The maximum atomic E-state index is 5.63. The number of hydrogen-bond acceptors (Lipinski definition) is 5. The van der Waals surface area contributed by atoms with Crippen molar-refractivity contribution in [3.8, 4) is 5.75 Å². The molecule has 2 aromatic rings. The van der Waals surface area contributed by atoms with Crippen LogP contribution < -0.4 is 15.8 Å². The molecule has 3 N–H and O–H groups in total. The van der Waals surface area contributed by atoms with E-state index in [0.717, 1.165) is 18.7 Å². The van der Waals surface area contributed by atoms with E-state index >= 15 is 0 Å². The summed E-state index contributed by atoms with van der Waals surface area (Å²) in [5.74, 6) is 1.25. The van der Waals surface area contributed by atoms with Gasteiger partial charge in [0.05, 0.1) is 19.5 Å². The molecular formula is C13H16N4O. The van der Waals surface area contributed by atoms with E-state index in [4.69, 9.17) is 10.5 Å². The minimum absolute atomic E-state index is 0.603. The third-order valence-corrected chi connectivity index (χ3v) is 2.54. The molecule has 1 aromatic carbocycles. The van der Waals surface area contributed by atoms with E-state index in [9.17, 15) is 0 Å². The van der Waals surface area contributed by atoms with Crippen molar-refractivity contribution in [2.24, 2.45) is 0 Å². The number of nitrogens with one attached hydrogen (secondary N) is 1. The maximum Gasteiger partial charge on any atom is 0.222 e. The van der Waals surface area contributed by atoms with Crippen molar-refractivity contribution in [3.05, 3.63) is 42.2 Å². The zero-order chi connectivity index (χ0) is 12.8. The van der Waals surface area contributed by atoms with Gasteiger partial charge < -0.3 is 15.8 Å². The lowest BCUT2D eigenvalue weighted by atomic mass is 10.1. The predicted octanol–water partition coefficient (Wildman–Crippen LogP) is 1.72. The van der Waals surface area contributed by atoms with Gasteiger partial charge in [-0.3, -0.25) is 0 Å². The van der Waals surface area contributed by atoms with Crippen LogP contribution in [0.1, 0.15) is 5.56 Å². The highest BCUT2D eigenvalue weighted by Gasteiger charge is 1.97. The van der Waals surface area contributed by atoms with E-state index in [1.165, 1.54) is 5.56 Å². The van der Waals surface area contributed by atoms with Gasteiger partial charge in [-0.1, -0.05) is 12.1 Å². The molecule has 0 bridgehead atoms. The Morgan fingerprint density at radius 2 is 1.83 bits per heavy atom. The van der Waals surface area contributed by atoms with Crippen LogP contribution in [0.5, 0.6) is 5.75 Å². The summed E-state index contributed by atoms with van der Waals surface area (Å²) in [5, 5.41) is 3.15. The number of nitrogens with zero attached hydrogens (tertiary/aromatic N) is 2. The standard InChI is InChI=1S/C13H16N4O/c1-18-12-8-16-13(17-9-12)15-7-6-10-2-4-11(14)5-3-10/h2-5,8-9H,6-7,14H2,1H3,(H,15,16,17). The fourth-order valence-corrected chi connectivity index (χ4v) is 1.52. The average Bonchev–Trinajstić information content (AvgIpc) is 2.42. The highest BCUT2D eigenvalue weighted by Crippen LogP contribution is 2.08. The number of ether oxygens (including phenoxy) is 1. The molecule has 0 amide bonds. The van der Waals surface area contributed by atoms with Crippen molar-refractivity contribution in [3.63, 3.8) is 0 Å². The maximum absolute atomic E-state index is 5.63. The van der Waals surface area contributed by atoms with Gasteiger partial charge >= 0.3 is 0 Å². The Balaban J connectivity index is 1.82. The Bertz CT molecular complexity index is 481. The molecule has 0 unspecified atom stereocenters. The van der Waals surface area contributed by atoms with Crippen LogP contribution in [0.25, 0.3) is 0 Å². The second kappa shape index (κ2) is 5.86. The third-order valence-electron chi connectivity index (χ3n) is 2.54. The van der Waals surface area contributed by atoms with Gasteiger partial charge in [0.15, 0.2) is 5.75 Å². The summed E-state index contributed by atoms with van der Waals surface area (Å²) in [7, 11) is 1.59. The van der Waals surface area contributed by atoms with Crippen LogP contribution in [0.4, 0.5) is 11.6 Å². The molecule has 0 aliphatic carbocycles. The summed E-state index contributed by atoms with van der Waals surface area (Å²) in [4.78, 5) is 8.26. The first-order valence-corrected chi connectivity index (χ1v) is 5.72. The van der Waals surface area contributed by atoms with Gasteiger partial charge in [0, 0.05) is 12.2 Å². The summed E-state index contributed by atoms with van der Waals surface area (Å²) in [6.45, 7) is 0.774. The lowest BCUT2D eigenvalue weighted by Gasteiger charge is -2.05. The lowest BCUT2D eigenvalue weighted by molar-refractivity contribution is 0.411. The molecule has 0 aliphatic heterocycles. The molecule has 0 fully saturated rings. The number of nitrogen functional groups attached to an aromatic ring is 1. The number of anilines is 2. The van der Waals surface area contributed by atoms with E-state index in [-0.39, 0.29) is 0 Å². The Kier molecular flexibility index (Phi) is 3.96. The fraction of sp³-hybridized carbons (Fsp3) is 0.231. The van der Waals surface area contributed by atoms with Gasteiger partial charge in [-0.15, -0.1) is 0 Å². The van der Waals surface area contributed by atoms with Crippen molar-refractivity contribution in [1.29, 1.82) is 0 Å². The van der Waals surface area contributed by atoms with E-state index in [1.807, 2.05) is 24.3 Å². The highest BCUT2D eigenvalue weighted by atomic mass is 16.5. The first-order chi connectivity index (χ1) is 8.78. The second-order valence-corrected chi connectivity index (χ2v) is 3.86. The molecule has 18 heavy (non-hydrogen) atoms. The monoisotopic (exact) mass is 244 g/mol. The number of rotatable bonds is 5. The summed E-state index contributed by atoms with van der Waals surface area (Å²) >= 11 is 0. The van der Waals surface area contributed by atoms with Gasteiger partial charge in [0.2, 0.25) is 5.95 Å². The van der Waals surface area contributed by atoms with Crippen LogP contribution in [0.2, 0.25) is 0 Å². The number of hydrogen-bond donors (Lipinski definition) is 2. The number of aromatic nitrogens is 2. The molecular weight excluding hydrogens is 228 g/mol. The van der Waals surface area contributed by atoms with Crippen molar-refractivity contribution in [2.45, 2.75) is 6.42 Å². The predicted molar refractivity (Wildman–Crippen MR) is 71.6 cm³/mol. The molecule has 0 saturated heterocycles. The van der Waals surface area contributed by atoms with E-state index in [0.29, 0.717) is 11.7 Å². The quantitative estimate of drug-likeness (QED) is 0.783. The smallest absolute Gasteiger partial charge is 0.222 e. The van der Waals surface area contributed by atoms with Crippen molar-refractivity contribution in [2.75, 3.05) is 24.7 Å². The molecule has 1 aromatic heterocycles. The number of methoxy groups -OCH3 is 1. The zero-order valence-corrected chi connectivity index (χ0v) is 10.3. The van der Waals surface area contributed by atoms with Crippen LogP contribution in [0, 0.1) is 0 Å². The average molecular weight is 244 g/mol. The zero-order valence-electron chi connectivity index (χ0n) is 10.3. The first-order valence-electron chi connectivity index (χ1n) is 5.72. The number of nitrogens with two attached hydrogens (primary N) is 1. The molecule has 0 spiro atoms. The molecule has 0 radical (unpaired) electrons.